The molecule has 3 nitrogen and oxygen atoms in total. The lowest BCUT2D eigenvalue weighted by Crippen LogP contribution is -1.97. The molecular formula is C27H32O3S. The third kappa shape index (κ3) is 7.12. The van der Waals surface area contributed by atoms with Crippen LogP contribution in [0.1, 0.15) is 79.5 Å². The van der Waals surface area contributed by atoms with E-state index < -0.39 is 12.1 Å². The molecule has 3 rings (SSSR count). The number of carboxylic acids is 1. The van der Waals surface area contributed by atoms with Crippen LogP contribution in [-0.4, -0.2) is 16.2 Å². The highest BCUT2D eigenvalue weighted by Gasteiger charge is 2.09. The minimum atomic E-state index is -0.903. The Morgan fingerprint density at radius 3 is 2.48 bits per heavy atom. The molecule has 31 heavy (non-hydrogen) atoms. The molecule has 1 atom stereocenters. The number of thioether (sulfide) groups is 1. The van der Waals surface area contributed by atoms with E-state index in [0.717, 1.165) is 39.8 Å². The molecule has 0 heterocycles. The van der Waals surface area contributed by atoms with E-state index in [1.54, 1.807) is 30.0 Å². The molecule has 0 aromatic heterocycles. The number of hydrogen-bond donors (Lipinski definition) is 2. The van der Waals surface area contributed by atoms with Crippen LogP contribution in [0, 0.1) is 0 Å². The predicted octanol–water partition coefficient (Wildman–Crippen LogP) is 7.61. The molecule has 0 amide bonds. The first-order chi connectivity index (χ1) is 15.1. The Kier molecular flexibility index (Phi) is 8.98. The average molecular weight is 437 g/mol. The smallest absolute Gasteiger partial charge is 0.335 e. The number of benzene rings is 3. The largest absolute Gasteiger partial charge is 0.478 e. The van der Waals surface area contributed by atoms with Gasteiger partial charge in [0.15, 0.2) is 0 Å². The zero-order valence-corrected chi connectivity index (χ0v) is 19.0. The van der Waals surface area contributed by atoms with Gasteiger partial charge in [-0.05, 0) is 52.6 Å². The van der Waals surface area contributed by atoms with Gasteiger partial charge >= 0.3 is 5.97 Å². The maximum atomic E-state index is 11.2. The van der Waals surface area contributed by atoms with Crippen molar-refractivity contribution in [1.29, 1.82) is 0 Å². The zero-order chi connectivity index (χ0) is 22.1. The summed E-state index contributed by atoms with van der Waals surface area (Å²) in [5.41, 5.74) is 2.48. The van der Waals surface area contributed by atoms with Crippen molar-refractivity contribution < 1.29 is 15.0 Å². The van der Waals surface area contributed by atoms with Crippen LogP contribution in [0.5, 0.6) is 0 Å². The lowest BCUT2D eigenvalue weighted by molar-refractivity contribution is 0.0696. The molecule has 3 aromatic carbocycles. The van der Waals surface area contributed by atoms with Gasteiger partial charge in [-0.15, -0.1) is 11.8 Å². The number of rotatable bonds is 12. The number of unbranched alkanes of at least 4 members (excludes halogenated alkanes) is 5. The molecule has 4 heteroatoms. The molecule has 3 aromatic rings. The van der Waals surface area contributed by atoms with E-state index in [1.807, 2.05) is 12.1 Å². The number of carbonyl (C=O) groups is 1. The number of aromatic carboxylic acids is 1. The van der Waals surface area contributed by atoms with E-state index >= 15 is 0 Å². The summed E-state index contributed by atoms with van der Waals surface area (Å²) in [5.74, 6) is -0.135. The fraction of sp³-hybridized carbons (Fsp3) is 0.370. The average Bonchev–Trinajstić information content (AvgIpc) is 2.79. The van der Waals surface area contributed by atoms with Crippen LogP contribution >= 0.6 is 11.8 Å². The Labute approximate surface area is 189 Å². The van der Waals surface area contributed by atoms with Crippen LogP contribution in [-0.2, 0) is 5.75 Å². The van der Waals surface area contributed by atoms with Gasteiger partial charge in [0.05, 0.1) is 11.7 Å². The van der Waals surface area contributed by atoms with Crippen molar-refractivity contribution in [1.82, 2.24) is 0 Å². The normalized spacial score (nSPS) is 12.2. The molecule has 0 bridgehead atoms. The maximum absolute atomic E-state index is 11.2. The van der Waals surface area contributed by atoms with E-state index in [0.29, 0.717) is 5.56 Å². The third-order valence-corrected chi connectivity index (χ3v) is 6.70. The molecule has 1 unspecified atom stereocenters. The highest BCUT2D eigenvalue weighted by molar-refractivity contribution is 7.98. The van der Waals surface area contributed by atoms with E-state index in [-0.39, 0.29) is 0 Å². The topological polar surface area (TPSA) is 57.5 Å². The number of aliphatic hydroxyl groups excluding tert-OH is 1. The molecule has 0 radical (unpaired) electrons. The lowest BCUT2D eigenvalue weighted by atomic mass is 9.98. The van der Waals surface area contributed by atoms with Crippen LogP contribution in [0.25, 0.3) is 10.8 Å². The first-order valence-corrected chi connectivity index (χ1v) is 12.2. The SMILES string of the molecule is CCCCCCCCC(O)c1ccc2ccc(CSc3cccc(C(=O)O)c3)cc2c1. The van der Waals surface area contributed by atoms with Crippen molar-refractivity contribution in [2.45, 2.75) is 68.6 Å². The van der Waals surface area contributed by atoms with Gasteiger partial charge in [0, 0.05) is 10.6 Å². The Balaban J connectivity index is 1.60. The summed E-state index contributed by atoms with van der Waals surface area (Å²) >= 11 is 1.63. The molecule has 0 aliphatic rings. The molecule has 0 saturated heterocycles. The molecule has 0 aliphatic heterocycles. The van der Waals surface area contributed by atoms with Crippen molar-refractivity contribution in [3.63, 3.8) is 0 Å². The maximum Gasteiger partial charge on any atom is 0.335 e. The second-order valence-electron chi connectivity index (χ2n) is 8.13. The van der Waals surface area contributed by atoms with Gasteiger partial charge in [-0.3, -0.25) is 0 Å². The fourth-order valence-corrected chi connectivity index (χ4v) is 4.68. The first kappa shape index (κ1) is 23.4. The van der Waals surface area contributed by atoms with E-state index in [2.05, 4.69) is 37.3 Å². The van der Waals surface area contributed by atoms with E-state index in [9.17, 15) is 9.90 Å². The molecule has 0 fully saturated rings. The summed E-state index contributed by atoms with van der Waals surface area (Å²) in [6.45, 7) is 2.23. The minimum absolute atomic E-state index is 0.313. The van der Waals surface area contributed by atoms with Crippen molar-refractivity contribution in [3.8, 4) is 0 Å². The number of hydrogen-bond acceptors (Lipinski definition) is 3. The van der Waals surface area contributed by atoms with Gasteiger partial charge in [-0.2, -0.15) is 0 Å². The van der Waals surface area contributed by atoms with Crippen molar-refractivity contribution in [3.05, 3.63) is 77.4 Å². The zero-order valence-electron chi connectivity index (χ0n) is 18.2. The van der Waals surface area contributed by atoms with Crippen LogP contribution in [0.4, 0.5) is 0 Å². The number of carboxylic acid groups (broad SMARTS) is 1. The summed E-state index contributed by atoms with van der Waals surface area (Å²) in [5, 5.41) is 22.1. The summed E-state index contributed by atoms with van der Waals surface area (Å²) in [6, 6.07) is 19.7. The van der Waals surface area contributed by atoms with Gasteiger partial charge in [0.1, 0.15) is 0 Å². The monoisotopic (exact) mass is 436 g/mol. The van der Waals surface area contributed by atoms with Crippen LogP contribution < -0.4 is 0 Å². The first-order valence-electron chi connectivity index (χ1n) is 11.2. The van der Waals surface area contributed by atoms with Crippen molar-refractivity contribution >= 4 is 28.5 Å². The lowest BCUT2D eigenvalue weighted by Gasteiger charge is -2.12. The molecule has 0 aliphatic carbocycles. The van der Waals surface area contributed by atoms with Crippen molar-refractivity contribution in [2.75, 3.05) is 0 Å². The molecule has 0 saturated carbocycles. The summed E-state index contributed by atoms with van der Waals surface area (Å²) < 4.78 is 0. The summed E-state index contributed by atoms with van der Waals surface area (Å²) in [6.07, 6.45) is 7.77. The van der Waals surface area contributed by atoms with Crippen LogP contribution in [0.2, 0.25) is 0 Å². The van der Waals surface area contributed by atoms with E-state index in [1.165, 1.54) is 37.7 Å². The molecule has 0 spiro atoms. The quantitative estimate of drug-likeness (QED) is 0.226. The second-order valence-corrected chi connectivity index (χ2v) is 9.18. The molecular weight excluding hydrogens is 404 g/mol. The Hall–Kier alpha value is -2.30. The van der Waals surface area contributed by atoms with Crippen LogP contribution in [0.3, 0.4) is 0 Å². The Bertz CT molecular complexity index is 999. The number of aliphatic hydroxyl groups is 1. The predicted molar refractivity (Wildman–Crippen MR) is 130 cm³/mol. The standard InChI is InChI=1S/C27H32O3S/c1-2-3-4-5-6-7-11-26(28)22-15-14-21-13-12-20(16-24(21)17-22)19-31-25-10-8-9-23(18-25)27(29)30/h8-10,12-18,26,28H,2-7,11,19H2,1H3,(H,29,30). The summed E-state index contributed by atoms with van der Waals surface area (Å²) in [7, 11) is 0. The highest BCUT2D eigenvalue weighted by atomic mass is 32.2. The fourth-order valence-electron chi connectivity index (χ4n) is 3.78. The minimum Gasteiger partial charge on any atom is -0.478 e. The highest BCUT2D eigenvalue weighted by Crippen LogP contribution is 2.28. The Morgan fingerprint density at radius 1 is 0.903 bits per heavy atom. The van der Waals surface area contributed by atoms with Gasteiger partial charge in [-0.1, -0.05) is 81.8 Å². The van der Waals surface area contributed by atoms with Gasteiger partial charge in [0.2, 0.25) is 0 Å². The van der Waals surface area contributed by atoms with Gasteiger partial charge in [0.25, 0.3) is 0 Å². The third-order valence-electron chi connectivity index (χ3n) is 5.63. The van der Waals surface area contributed by atoms with Crippen LogP contribution in [0.15, 0.2) is 65.6 Å². The second kappa shape index (κ2) is 11.9. The number of fused-ring (bicyclic) bond motifs is 1. The van der Waals surface area contributed by atoms with Gasteiger partial charge in [-0.25, -0.2) is 4.79 Å². The summed E-state index contributed by atoms with van der Waals surface area (Å²) in [4.78, 5) is 12.1. The molecule has 2 N–H and O–H groups in total. The van der Waals surface area contributed by atoms with Gasteiger partial charge < -0.3 is 10.2 Å². The van der Waals surface area contributed by atoms with E-state index in [4.69, 9.17) is 5.11 Å². The van der Waals surface area contributed by atoms with Crippen molar-refractivity contribution in [2.24, 2.45) is 0 Å². The molecule has 164 valence electrons. The Morgan fingerprint density at radius 2 is 1.68 bits per heavy atom.